The maximum Gasteiger partial charge on any atom is 0.126 e. The van der Waals surface area contributed by atoms with Crippen LogP contribution < -0.4 is 9.47 Å². The lowest BCUT2D eigenvalue weighted by Gasteiger charge is -2.05. The Bertz CT molecular complexity index is 1330. The van der Waals surface area contributed by atoms with Crippen molar-refractivity contribution in [2.24, 2.45) is 4.99 Å². The average molecular weight is 474 g/mol. The van der Waals surface area contributed by atoms with E-state index in [0.717, 1.165) is 51.6 Å². The third-order valence-corrected chi connectivity index (χ3v) is 5.65. The summed E-state index contributed by atoms with van der Waals surface area (Å²) in [6, 6.07) is 19.0. The molecule has 0 atom stereocenters. The minimum atomic E-state index is 0.590. The summed E-state index contributed by atoms with van der Waals surface area (Å²) in [5.74, 6) is 7.97. The van der Waals surface area contributed by atoms with Crippen molar-refractivity contribution in [3.8, 4) is 23.3 Å². The molecule has 0 radical (unpaired) electrons. The molecule has 4 rings (SSSR count). The molecule has 0 aromatic heterocycles. The molecule has 33 heavy (non-hydrogen) atoms. The van der Waals surface area contributed by atoms with Gasteiger partial charge in [0.15, 0.2) is 0 Å². The molecule has 3 aromatic rings. The van der Waals surface area contributed by atoms with Crippen molar-refractivity contribution in [3.05, 3.63) is 105 Å². The van der Waals surface area contributed by atoms with Gasteiger partial charge in [0.05, 0.1) is 24.9 Å². The second-order valence-electron chi connectivity index (χ2n) is 7.29. The molecule has 3 nitrogen and oxygen atoms in total. The first-order chi connectivity index (χ1) is 16.1. The van der Waals surface area contributed by atoms with Crippen LogP contribution in [0.3, 0.4) is 0 Å². The van der Waals surface area contributed by atoms with Crippen molar-refractivity contribution in [1.82, 2.24) is 0 Å². The molecule has 0 unspecified atom stereocenters. The molecular weight excluding hydrogens is 453 g/mol. The van der Waals surface area contributed by atoms with Crippen LogP contribution in [-0.2, 0) is 0 Å². The van der Waals surface area contributed by atoms with Gasteiger partial charge in [0, 0.05) is 39.4 Å². The highest BCUT2D eigenvalue weighted by Gasteiger charge is 2.12. The zero-order valence-electron chi connectivity index (χ0n) is 18.2. The summed E-state index contributed by atoms with van der Waals surface area (Å²) in [7, 11) is 3.30. The zero-order valence-corrected chi connectivity index (χ0v) is 19.7. The molecule has 1 heterocycles. The number of allylic oxidation sites excluding steroid dienone is 2. The van der Waals surface area contributed by atoms with Crippen molar-refractivity contribution >= 4 is 40.7 Å². The number of hydrogen-bond donors (Lipinski definition) is 0. The van der Waals surface area contributed by atoms with Crippen molar-refractivity contribution < 1.29 is 9.47 Å². The van der Waals surface area contributed by atoms with Crippen LogP contribution in [0, 0.1) is 11.8 Å². The maximum absolute atomic E-state index is 6.33. The fourth-order valence-electron chi connectivity index (χ4n) is 3.37. The third kappa shape index (κ3) is 5.68. The number of nitrogens with zero attached hydrogens (tertiary/aromatic N) is 1. The Labute approximate surface area is 204 Å². The molecule has 1 aliphatic heterocycles. The molecule has 3 aromatic carbocycles. The molecule has 0 saturated carbocycles. The van der Waals surface area contributed by atoms with E-state index in [1.54, 1.807) is 20.3 Å². The lowest BCUT2D eigenvalue weighted by Crippen LogP contribution is -1.90. The van der Waals surface area contributed by atoms with Gasteiger partial charge in [-0.1, -0.05) is 41.1 Å². The second-order valence-corrected chi connectivity index (χ2v) is 8.13. The predicted octanol–water partition coefficient (Wildman–Crippen LogP) is 7.31. The first-order valence-corrected chi connectivity index (χ1v) is 11.1. The van der Waals surface area contributed by atoms with Gasteiger partial charge in [-0.15, -0.1) is 0 Å². The summed E-state index contributed by atoms with van der Waals surface area (Å²) in [4.78, 5) is 4.72. The number of hydrogen-bond acceptors (Lipinski definition) is 3. The monoisotopic (exact) mass is 473 g/mol. The Kier molecular flexibility index (Phi) is 7.19. The van der Waals surface area contributed by atoms with E-state index in [4.69, 9.17) is 37.7 Å². The van der Waals surface area contributed by atoms with E-state index in [-0.39, 0.29) is 0 Å². The van der Waals surface area contributed by atoms with Gasteiger partial charge < -0.3 is 9.47 Å². The van der Waals surface area contributed by atoms with Crippen LogP contribution in [0.2, 0.25) is 10.0 Å². The van der Waals surface area contributed by atoms with Gasteiger partial charge in [0.2, 0.25) is 0 Å². The fraction of sp³-hybridized carbons (Fsp3) is 0.107. The van der Waals surface area contributed by atoms with Crippen LogP contribution in [0.5, 0.6) is 11.5 Å². The highest BCUT2D eigenvalue weighted by atomic mass is 35.5. The second kappa shape index (κ2) is 10.4. The van der Waals surface area contributed by atoms with Gasteiger partial charge in [-0.25, -0.2) is 0 Å². The highest BCUT2D eigenvalue weighted by Crippen LogP contribution is 2.31. The molecular formula is C28H21Cl2NO2. The zero-order chi connectivity index (χ0) is 23.2. The third-order valence-electron chi connectivity index (χ3n) is 5.10. The molecule has 0 fully saturated rings. The van der Waals surface area contributed by atoms with Crippen molar-refractivity contribution in [2.75, 3.05) is 14.2 Å². The van der Waals surface area contributed by atoms with Gasteiger partial charge in [-0.3, -0.25) is 4.99 Å². The fourth-order valence-corrected chi connectivity index (χ4v) is 3.87. The summed E-state index contributed by atoms with van der Waals surface area (Å²) in [5, 5.41) is 1.20. The normalized spacial score (nSPS) is 12.7. The molecule has 0 N–H and O–H groups in total. The minimum Gasteiger partial charge on any atom is -0.497 e. The van der Waals surface area contributed by atoms with E-state index in [9.17, 15) is 0 Å². The van der Waals surface area contributed by atoms with Crippen LogP contribution in [0.25, 0.3) is 11.8 Å². The average Bonchev–Trinajstić information content (AvgIpc) is 3.30. The van der Waals surface area contributed by atoms with Gasteiger partial charge in [-0.2, -0.15) is 0 Å². The Morgan fingerprint density at radius 1 is 0.848 bits per heavy atom. The number of methoxy groups -OCH3 is 2. The van der Waals surface area contributed by atoms with Crippen LogP contribution in [0.15, 0.2) is 77.8 Å². The molecule has 164 valence electrons. The van der Waals surface area contributed by atoms with Crippen LogP contribution in [-0.4, -0.2) is 19.9 Å². The Morgan fingerprint density at radius 2 is 1.61 bits per heavy atom. The van der Waals surface area contributed by atoms with Crippen molar-refractivity contribution in [3.63, 3.8) is 0 Å². The lowest BCUT2D eigenvalue weighted by atomic mass is 10.1. The first kappa shape index (κ1) is 22.7. The van der Waals surface area contributed by atoms with Crippen LogP contribution >= 0.6 is 23.2 Å². The van der Waals surface area contributed by atoms with E-state index in [2.05, 4.69) is 17.9 Å². The number of halogens is 2. The van der Waals surface area contributed by atoms with Crippen molar-refractivity contribution in [1.29, 1.82) is 0 Å². The molecule has 1 aliphatic rings. The summed E-state index contributed by atoms with van der Waals surface area (Å²) >= 11 is 12.3. The van der Waals surface area contributed by atoms with Crippen molar-refractivity contribution in [2.45, 2.75) is 6.42 Å². The summed E-state index contributed by atoms with van der Waals surface area (Å²) in [6.45, 7) is 0. The molecule has 0 spiro atoms. The SMILES string of the molecule is COc1ccc(C#Cc2ccc(OC)c(/C=C/C3=NC(c4ccc(Cl)cc4Cl)=CC3)c2)cc1. The largest absolute Gasteiger partial charge is 0.497 e. The summed E-state index contributed by atoms with van der Waals surface area (Å²) in [6.07, 6.45) is 6.77. The molecule has 0 saturated heterocycles. The summed E-state index contributed by atoms with van der Waals surface area (Å²) < 4.78 is 10.7. The van der Waals surface area contributed by atoms with Gasteiger partial charge >= 0.3 is 0 Å². The smallest absolute Gasteiger partial charge is 0.126 e. The molecule has 5 heteroatoms. The van der Waals surface area contributed by atoms with E-state index >= 15 is 0 Å². The minimum absolute atomic E-state index is 0.590. The van der Waals surface area contributed by atoms with E-state index in [0.29, 0.717) is 10.0 Å². The lowest BCUT2D eigenvalue weighted by molar-refractivity contribution is 0.414. The maximum atomic E-state index is 6.33. The topological polar surface area (TPSA) is 30.8 Å². The predicted molar refractivity (Wildman–Crippen MR) is 137 cm³/mol. The Hall–Kier alpha value is -3.45. The number of aliphatic imine (C=N–C) groups is 1. The standard InChI is InChI=1S/C28H21Cl2NO2/c1-32-24-12-5-19(6-13-24)3-4-20-7-16-28(33-2)21(17-20)8-10-23-11-15-27(31-23)25-14-9-22(29)18-26(25)30/h5-10,12-18H,11H2,1-2H3/b10-8+. The van der Waals surface area contributed by atoms with Gasteiger partial charge in [0.25, 0.3) is 0 Å². The number of ether oxygens (including phenoxy) is 2. The van der Waals surface area contributed by atoms with Crippen LogP contribution in [0.4, 0.5) is 0 Å². The van der Waals surface area contributed by atoms with Crippen LogP contribution in [0.1, 0.15) is 28.7 Å². The van der Waals surface area contributed by atoms with E-state index in [1.165, 1.54) is 0 Å². The number of rotatable bonds is 5. The quantitative estimate of drug-likeness (QED) is 0.363. The van der Waals surface area contributed by atoms with Gasteiger partial charge in [-0.05, 0) is 72.8 Å². The molecule has 0 aliphatic carbocycles. The highest BCUT2D eigenvalue weighted by molar-refractivity contribution is 6.35. The molecule has 0 amide bonds. The Balaban J connectivity index is 1.53. The number of benzene rings is 3. The molecule has 0 bridgehead atoms. The van der Waals surface area contributed by atoms with E-state index < -0.39 is 0 Å². The van der Waals surface area contributed by atoms with E-state index in [1.807, 2.05) is 66.7 Å². The summed E-state index contributed by atoms with van der Waals surface area (Å²) in [5.41, 5.74) is 5.41. The first-order valence-electron chi connectivity index (χ1n) is 10.3. The van der Waals surface area contributed by atoms with Gasteiger partial charge in [0.1, 0.15) is 11.5 Å². The Morgan fingerprint density at radius 3 is 2.33 bits per heavy atom.